The van der Waals surface area contributed by atoms with Gasteiger partial charge in [0.05, 0.1) is 0 Å². The molecule has 1 aromatic carbocycles. The van der Waals surface area contributed by atoms with Crippen molar-refractivity contribution in [2.75, 3.05) is 18.5 Å². The van der Waals surface area contributed by atoms with E-state index in [2.05, 4.69) is 5.32 Å². The molecule has 21 heavy (non-hydrogen) atoms. The van der Waals surface area contributed by atoms with Crippen molar-refractivity contribution in [1.29, 1.82) is 0 Å². The summed E-state index contributed by atoms with van der Waals surface area (Å²) < 4.78 is 6.82. The fourth-order valence-corrected chi connectivity index (χ4v) is 2.07. The number of anilines is 1. The van der Waals surface area contributed by atoms with Crippen LogP contribution in [0.2, 0.25) is 0 Å². The Morgan fingerprint density at radius 2 is 2.14 bits per heavy atom. The van der Waals surface area contributed by atoms with Gasteiger partial charge >= 0.3 is 5.97 Å². The summed E-state index contributed by atoms with van der Waals surface area (Å²) in [5.41, 5.74) is 1.48. The summed E-state index contributed by atoms with van der Waals surface area (Å²) in [5, 5.41) is 12.5. The minimum atomic E-state index is -0.891. The first-order chi connectivity index (χ1) is 10.1. The van der Waals surface area contributed by atoms with Gasteiger partial charge in [0.15, 0.2) is 0 Å². The van der Waals surface area contributed by atoms with Gasteiger partial charge in [0.2, 0.25) is 5.91 Å². The lowest BCUT2D eigenvalue weighted by atomic mass is 10.2. The zero-order valence-electron chi connectivity index (χ0n) is 11.8. The molecular weight excluding hydrogens is 272 g/mol. The monoisotopic (exact) mass is 290 g/mol. The predicted octanol–water partition coefficient (Wildman–Crippen LogP) is 2.09. The van der Waals surface area contributed by atoms with Gasteiger partial charge in [-0.3, -0.25) is 9.59 Å². The zero-order valence-corrected chi connectivity index (χ0v) is 11.8. The third-order valence-electron chi connectivity index (χ3n) is 2.94. The molecule has 0 aliphatic rings. The number of ether oxygens (including phenoxy) is 1. The van der Waals surface area contributed by atoms with E-state index in [1.807, 2.05) is 19.1 Å². The van der Waals surface area contributed by atoms with Gasteiger partial charge < -0.3 is 19.7 Å². The molecule has 0 atom stereocenters. The molecule has 0 unspecified atom stereocenters. The van der Waals surface area contributed by atoms with Crippen LogP contribution in [0.1, 0.15) is 13.3 Å². The normalized spacial score (nSPS) is 10.7. The topological polar surface area (TPSA) is 80.6 Å². The number of amides is 1. The molecule has 6 heteroatoms. The van der Waals surface area contributed by atoms with Gasteiger partial charge in [0.25, 0.3) is 0 Å². The average molecular weight is 290 g/mol. The fourth-order valence-electron chi connectivity index (χ4n) is 2.07. The minimum Gasteiger partial charge on any atom is -0.480 e. The molecule has 1 amide bonds. The van der Waals surface area contributed by atoms with Crippen LogP contribution in [0, 0.1) is 0 Å². The van der Waals surface area contributed by atoms with E-state index < -0.39 is 5.97 Å². The number of benzene rings is 1. The Balaban J connectivity index is 2.06. The third kappa shape index (κ3) is 4.06. The summed E-state index contributed by atoms with van der Waals surface area (Å²) in [7, 11) is 0. The van der Waals surface area contributed by atoms with Crippen LogP contribution in [0.15, 0.2) is 30.5 Å². The maximum Gasteiger partial charge on any atom is 0.323 e. The Labute approximate surface area is 122 Å². The van der Waals surface area contributed by atoms with E-state index in [0.29, 0.717) is 12.3 Å². The van der Waals surface area contributed by atoms with Crippen LogP contribution < -0.4 is 5.32 Å². The van der Waals surface area contributed by atoms with E-state index >= 15 is 0 Å². The van der Waals surface area contributed by atoms with Gasteiger partial charge in [-0.05, 0) is 30.7 Å². The number of carboxylic acids is 1. The summed E-state index contributed by atoms with van der Waals surface area (Å²) in [5.74, 6) is -1.09. The summed E-state index contributed by atoms with van der Waals surface area (Å²) >= 11 is 0. The van der Waals surface area contributed by atoms with Gasteiger partial charge in [-0.15, -0.1) is 0 Å². The zero-order chi connectivity index (χ0) is 15.2. The molecule has 2 rings (SSSR count). The molecule has 0 aliphatic heterocycles. The van der Waals surface area contributed by atoms with Gasteiger partial charge in [-0.2, -0.15) is 0 Å². The largest absolute Gasteiger partial charge is 0.480 e. The lowest BCUT2D eigenvalue weighted by Gasteiger charge is -2.07. The number of hydrogen-bond donors (Lipinski definition) is 2. The number of aliphatic carboxylic acids is 1. The molecule has 6 nitrogen and oxygen atoms in total. The van der Waals surface area contributed by atoms with Crippen molar-refractivity contribution in [3.63, 3.8) is 0 Å². The molecule has 0 radical (unpaired) electrons. The lowest BCUT2D eigenvalue weighted by Crippen LogP contribution is -2.18. The van der Waals surface area contributed by atoms with Crippen molar-refractivity contribution in [3.8, 4) is 0 Å². The third-order valence-corrected chi connectivity index (χ3v) is 2.94. The number of carboxylic acid groups (broad SMARTS) is 1. The second kappa shape index (κ2) is 6.90. The molecule has 1 heterocycles. The summed E-state index contributed by atoms with van der Waals surface area (Å²) in [6, 6.07) is 7.17. The van der Waals surface area contributed by atoms with Gasteiger partial charge in [-0.25, -0.2) is 0 Å². The predicted molar refractivity (Wildman–Crippen MR) is 79.3 cm³/mol. The molecule has 112 valence electrons. The molecular formula is C15H18N2O4. The SMILES string of the molecule is CCCOCC(=O)Nc1ccc2c(ccn2CC(=O)O)c1. The lowest BCUT2D eigenvalue weighted by molar-refractivity contribution is -0.137. The Bertz CT molecular complexity index is 648. The first-order valence-electron chi connectivity index (χ1n) is 6.78. The van der Waals surface area contributed by atoms with Crippen molar-refractivity contribution in [3.05, 3.63) is 30.5 Å². The van der Waals surface area contributed by atoms with Crippen LogP contribution in [-0.4, -0.2) is 34.8 Å². The van der Waals surface area contributed by atoms with Gasteiger partial charge in [0.1, 0.15) is 13.2 Å². The number of nitrogens with zero attached hydrogens (tertiary/aromatic N) is 1. The summed E-state index contributed by atoms with van der Waals surface area (Å²) in [6.07, 6.45) is 2.59. The van der Waals surface area contributed by atoms with Gasteiger partial charge in [-0.1, -0.05) is 6.92 Å². The van der Waals surface area contributed by atoms with Crippen LogP contribution in [0.3, 0.4) is 0 Å². The van der Waals surface area contributed by atoms with Crippen molar-refractivity contribution in [2.45, 2.75) is 19.9 Å². The Kier molecular flexibility index (Phi) is 4.94. The van der Waals surface area contributed by atoms with E-state index in [9.17, 15) is 9.59 Å². The maximum absolute atomic E-state index is 11.7. The second-order valence-electron chi connectivity index (χ2n) is 4.71. The van der Waals surface area contributed by atoms with Crippen LogP contribution in [0.5, 0.6) is 0 Å². The van der Waals surface area contributed by atoms with Crippen molar-refractivity contribution in [2.24, 2.45) is 0 Å². The first kappa shape index (κ1) is 15.1. The van der Waals surface area contributed by atoms with E-state index in [1.54, 1.807) is 22.9 Å². The molecule has 0 bridgehead atoms. The summed E-state index contributed by atoms with van der Waals surface area (Å²) in [6.45, 7) is 2.49. The smallest absolute Gasteiger partial charge is 0.323 e. The Morgan fingerprint density at radius 1 is 1.33 bits per heavy atom. The number of rotatable bonds is 7. The molecule has 2 N–H and O–H groups in total. The molecule has 0 fully saturated rings. The number of hydrogen-bond acceptors (Lipinski definition) is 3. The number of fused-ring (bicyclic) bond motifs is 1. The summed E-state index contributed by atoms with van der Waals surface area (Å²) in [4.78, 5) is 22.4. The van der Waals surface area contributed by atoms with Crippen LogP contribution in [0.4, 0.5) is 5.69 Å². The number of nitrogens with one attached hydrogen (secondary N) is 1. The number of carbonyl (C=O) groups is 2. The molecule has 2 aromatic rings. The standard InChI is InChI=1S/C15H18N2O4/c1-2-7-21-10-14(18)16-12-3-4-13-11(8-12)5-6-17(13)9-15(19)20/h3-6,8H,2,7,9-10H2,1H3,(H,16,18)(H,19,20). The molecule has 0 saturated carbocycles. The van der Waals surface area contributed by atoms with E-state index in [1.165, 1.54) is 0 Å². The second-order valence-corrected chi connectivity index (χ2v) is 4.71. The Hall–Kier alpha value is -2.34. The van der Waals surface area contributed by atoms with Crippen molar-refractivity contribution >= 4 is 28.5 Å². The molecule has 0 spiro atoms. The van der Waals surface area contributed by atoms with Crippen LogP contribution in [-0.2, 0) is 20.9 Å². The highest BCUT2D eigenvalue weighted by molar-refractivity contribution is 5.94. The van der Waals surface area contributed by atoms with Crippen LogP contribution >= 0.6 is 0 Å². The van der Waals surface area contributed by atoms with E-state index in [-0.39, 0.29) is 19.1 Å². The van der Waals surface area contributed by atoms with Crippen LogP contribution in [0.25, 0.3) is 10.9 Å². The Morgan fingerprint density at radius 3 is 2.86 bits per heavy atom. The number of aromatic nitrogens is 1. The van der Waals surface area contributed by atoms with E-state index in [4.69, 9.17) is 9.84 Å². The molecule has 0 aliphatic carbocycles. The fraction of sp³-hybridized carbons (Fsp3) is 0.333. The molecule has 1 aromatic heterocycles. The average Bonchev–Trinajstić information content (AvgIpc) is 2.81. The minimum absolute atomic E-state index is 0.0336. The maximum atomic E-state index is 11.7. The highest BCUT2D eigenvalue weighted by atomic mass is 16.5. The highest BCUT2D eigenvalue weighted by Gasteiger charge is 2.07. The molecule has 0 saturated heterocycles. The highest BCUT2D eigenvalue weighted by Crippen LogP contribution is 2.20. The van der Waals surface area contributed by atoms with Gasteiger partial charge in [0, 0.05) is 29.4 Å². The van der Waals surface area contributed by atoms with Crippen molar-refractivity contribution in [1.82, 2.24) is 4.57 Å². The number of carbonyl (C=O) groups excluding carboxylic acids is 1. The first-order valence-corrected chi connectivity index (χ1v) is 6.78. The van der Waals surface area contributed by atoms with E-state index in [0.717, 1.165) is 17.3 Å². The quantitative estimate of drug-likeness (QED) is 0.765. The van der Waals surface area contributed by atoms with Crippen molar-refractivity contribution < 1.29 is 19.4 Å².